The first kappa shape index (κ1) is 11.3. The molecule has 0 aromatic rings. The second kappa shape index (κ2) is 4.16. The summed E-state index contributed by atoms with van der Waals surface area (Å²) in [5, 5.41) is 17.6. The summed E-state index contributed by atoms with van der Waals surface area (Å²) >= 11 is 0. The Morgan fingerprint density at radius 2 is 2.00 bits per heavy atom. The van der Waals surface area contributed by atoms with Gasteiger partial charge in [-0.25, -0.2) is 8.42 Å². The summed E-state index contributed by atoms with van der Waals surface area (Å²) in [6.07, 6.45) is 5.05. The van der Waals surface area contributed by atoms with E-state index < -0.39 is 17.1 Å². The minimum absolute atomic E-state index is 0.450. The Labute approximate surface area is 83.3 Å². The molecule has 0 saturated carbocycles. The van der Waals surface area contributed by atoms with Gasteiger partial charge < -0.3 is 10.0 Å². The summed E-state index contributed by atoms with van der Waals surface area (Å²) in [7, 11) is -4.69. The molecule has 0 fully saturated rings. The van der Waals surface area contributed by atoms with E-state index in [0.29, 0.717) is 24.0 Å². The molecule has 0 aromatic heterocycles. The van der Waals surface area contributed by atoms with E-state index in [4.69, 9.17) is 10.0 Å². The van der Waals surface area contributed by atoms with E-state index in [2.05, 4.69) is 4.72 Å². The molecule has 0 aromatic carbocycles. The van der Waals surface area contributed by atoms with Crippen molar-refractivity contribution in [2.45, 2.75) is 12.8 Å². The Kier molecular flexibility index (Phi) is 3.36. The molecule has 1 aliphatic rings. The maximum Gasteiger partial charge on any atom is 0.484 e. The van der Waals surface area contributed by atoms with Crippen LogP contribution in [0.1, 0.15) is 12.8 Å². The number of rotatable bonds is 3. The van der Waals surface area contributed by atoms with Crippen molar-refractivity contribution in [1.29, 1.82) is 0 Å². The SMILES string of the molecule is CS(=O)(=O)NC1=CC=C(B(O)O)CC1. The van der Waals surface area contributed by atoms with Crippen molar-refractivity contribution in [3.8, 4) is 0 Å². The average molecular weight is 217 g/mol. The van der Waals surface area contributed by atoms with Gasteiger partial charge in [-0.1, -0.05) is 6.08 Å². The summed E-state index contributed by atoms with van der Waals surface area (Å²) < 4.78 is 24.0. The molecule has 0 unspecified atom stereocenters. The third-order valence-electron chi connectivity index (χ3n) is 1.83. The molecule has 5 nitrogen and oxygen atoms in total. The second-order valence-corrected chi connectivity index (χ2v) is 4.93. The lowest BCUT2D eigenvalue weighted by molar-refractivity contribution is 0.416. The van der Waals surface area contributed by atoms with Gasteiger partial charge in [0, 0.05) is 5.70 Å². The Morgan fingerprint density at radius 1 is 1.36 bits per heavy atom. The molecule has 0 heterocycles. The fourth-order valence-electron chi connectivity index (χ4n) is 1.19. The topological polar surface area (TPSA) is 86.6 Å². The van der Waals surface area contributed by atoms with Crippen LogP contribution in [0.2, 0.25) is 0 Å². The zero-order valence-electron chi connectivity index (χ0n) is 7.77. The van der Waals surface area contributed by atoms with Crippen molar-refractivity contribution < 1.29 is 18.5 Å². The first-order chi connectivity index (χ1) is 6.38. The third kappa shape index (κ3) is 3.53. The maximum atomic E-state index is 10.8. The highest BCUT2D eigenvalue weighted by atomic mass is 32.2. The molecule has 3 N–H and O–H groups in total. The van der Waals surface area contributed by atoms with Gasteiger partial charge >= 0.3 is 7.12 Å². The highest BCUT2D eigenvalue weighted by molar-refractivity contribution is 7.88. The monoisotopic (exact) mass is 217 g/mol. The van der Waals surface area contributed by atoms with E-state index in [1.54, 1.807) is 6.08 Å². The van der Waals surface area contributed by atoms with Crippen LogP contribution in [-0.4, -0.2) is 31.8 Å². The second-order valence-electron chi connectivity index (χ2n) is 3.18. The van der Waals surface area contributed by atoms with Crippen LogP contribution in [0.3, 0.4) is 0 Å². The highest BCUT2D eigenvalue weighted by Gasteiger charge is 2.17. The molecular formula is C7H12BNO4S. The van der Waals surface area contributed by atoms with Gasteiger partial charge in [0.25, 0.3) is 0 Å². The van der Waals surface area contributed by atoms with Crippen LogP contribution in [0, 0.1) is 0 Å². The summed E-state index contributed by atoms with van der Waals surface area (Å²) in [6, 6.07) is 0. The molecule has 0 aliphatic heterocycles. The largest absolute Gasteiger partial charge is 0.484 e. The van der Waals surface area contributed by atoms with Gasteiger partial charge in [0.2, 0.25) is 10.0 Å². The van der Waals surface area contributed by atoms with Crippen molar-refractivity contribution in [2.24, 2.45) is 0 Å². The van der Waals surface area contributed by atoms with Gasteiger partial charge in [0.15, 0.2) is 0 Å². The van der Waals surface area contributed by atoms with Crippen molar-refractivity contribution >= 4 is 17.1 Å². The summed E-state index contributed by atoms with van der Waals surface area (Å²) in [6.45, 7) is 0. The fraction of sp³-hybridized carbons (Fsp3) is 0.429. The van der Waals surface area contributed by atoms with Crippen molar-refractivity contribution in [3.05, 3.63) is 23.3 Å². The standard InChI is InChI=1S/C7H12BNO4S/c1-14(12,13)9-7-4-2-6(3-5-7)8(10)11/h2,4,9-11H,3,5H2,1H3. The van der Waals surface area contributed by atoms with Crippen molar-refractivity contribution in [3.63, 3.8) is 0 Å². The maximum absolute atomic E-state index is 10.8. The molecule has 0 atom stereocenters. The lowest BCUT2D eigenvalue weighted by atomic mass is 9.75. The first-order valence-corrected chi connectivity index (χ1v) is 6.01. The summed E-state index contributed by atoms with van der Waals surface area (Å²) in [4.78, 5) is 0. The zero-order valence-corrected chi connectivity index (χ0v) is 8.58. The molecule has 1 rings (SSSR count). The first-order valence-electron chi connectivity index (χ1n) is 4.12. The fourth-order valence-corrected chi connectivity index (χ4v) is 1.84. The quantitative estimate of drug-likeness (QED) is 0.537. The number of allylic oxidation sites excluding steroid dienone is 4. The smallest absolute Gasteiger partial charge is 0.423 e. The van der Waals surface area contributed by atoms with Gasteiger partial charge in [-0.15, -0.1) is 0 Å². The van der Waals surface area contributed by atoms with E-state index in [9.17, 15) is 8.42 Å². The van der Waals surface area contributed by atoms with E-state index >= 15 is 0 Å². The number of hydrogen-bond acceptors (Lipinski definition) is 4. The number of nitrogens with one attached hydrogen (secondary N) is 1. The van der Waals surface area contributed by atoms with Crippen LogP contribution in [0.5, 0.6) is 0 Å². The average Bonchev–Trinajstić information content (AvgIpc) is 2.02. The Hall–Kier alpha value is -0.785. The molecule has 0 saturated heterocycles. The van der Waals surface area contributed by atoms with Gasteiger partial charge in [-0.2, -0.15) is 0 Å². The zero-order chi connectivity index (χ0) is 10.8. The van der Waals surface area contributed by atoms with Crippen LogP contribution in [0.4, 0.5) is 0 Å². The Bertz CT molecular complexity index is 371. The minimum atomic E-state index is -3.23. The molecule has 0 bridgehead atoms. The molecule has 0 amide bonds. The van der Waals surface area contributed by atoms with Crippen LogP contribution in [0.15, 0.2) is 23.3 Å². The molecule has 7 heteroatoms. The van der Waals surface area contributed by atoms with Gasteiger partial charge in [0.1, 0.15) is 0 Å². The minimum Gasteiger partial charge on any atom is -0.423 e. The van der Waals surface area contributed by atoms with E-state index in [1.807, 2.05) is 0 Å². The molecule has 78 valence electrons. The molecule has 0 radical (unpaired) electrons. The highest BCUT2D eigenvalue weighted by Crippen LogP contribution is 2.17. The van der Waals surface area contributed by atoms with Crippen molar-refractivity contribution in [2.75, 3.05) is 6.26 Å². The molecule has 1 aliphatic carbocycles. The van der Waals surface area contributed by atoms with Crippen LogP contribution >= 0.6 is 0 Å². The van der Waals surface area contributed by atoms with Gasteiger partial charge in [-0.3, -0.25) is 4.72 Å². The van der Waals surface area contributed by atoms with Gasteiger partial charge in [0.05, 0.1) is 6.26 Å². The lowest BCUT2D eigenvalue weighted by Gasteiger charge is -2.14. The normalized spacial score (nSPS) is 17.1. The summed E-state index contributed by atoms with van der Waals surface area (Å²) in [5.41, 5.74) is 1.06. The summed E-state index contributed by atoms with van der Waals surface area (Å²) in [5.74, 6) is 0. The lowest BCUT2D eigenvalue weighted by Crippen LogP contribution is -2.24. The van der Waals surface area contributed by atoms with Crippen molar-refractivity contribution in [1.82, 2.24) is 4.72 Å². The molecule has 0 spiro atoms. The molecule has 14 heavy (non-hydrogen) atoms. The van der Waals surface area contributed by atoms with Crippen LogP contribution in [-0.2, 0) is 10.0 Å². The predicted octanol–water partition coefficient (Wildman–Crippen LogP) is -0.848. The van der Waals surface area contributed by atoms with Gasteiger partial charge in [-0.05, 0) is 24.4 Å². The predicted molar refractivity (Wildman–Crippen MR) is 53.6 cm³/mol. The van der Waals surface area contributed by atoms with Crippen LogP contribution < -0.4 is 4.72 Å². The van der Waals surface area contributed by atoms with Crippen LogP contribution in [0.25, 0.3) is 0 Å². The Morgan fingerprint density at radius 3 is 2.36 bits per heavy atom. The Balaban J connectivity index is 2.70. The van der Waals surface area contributed by atoms with E-state index in [0.717, 1.165) is 6.26 Å². The number of hydrogen-bond donors (Lipinski definition) is 3. The number of sulfonamides is 1. The molecular weight excluding hydrogens is 205 g/mol. The van der Waals surface area contributed by atoms with E-state index in [1.165, 1.54) is 6.08 Å². The van der Waals surface area contributed by atoms with E-state index in [-0.39, 0.29) is 0 Å². The third-order valence-corrected chi connectivity index (χ3v) is 2.46.